The van der Waals surface area contributed by atoms with Gasteiger partial charge in [0.1, 0.15) is 0 Å². The van der Waals surface area contributed by atoms with E-state index in [9.17, 15) is 10.0 Å². The Bertz CT molecular complexity index is 719. The summed E-state index contributed by atoms with van der Waals surface area (Å²) in [5, 5.41) is 19.0. The van der Waals surface area contributed by atoms with Crippen LogP contribution in [0.15, 0.2) is 54.1 Å². The highest BCUT2D eigenvalue weighted by Crippen LogP contribution is 2.26. The summed E-state index contributed by atoms with van der Waals surface area (Å²) in [6.45, 7) is 0. The number of allylic oxidation sites excluding steroid dienone is 1. The molecule has 2 aromatic carbocycles. The molecule has 2 N–H and O–H groups in total. The number of carbonyl (C=O) groups is 1. The lowest BCUT2D eigenvalue weighted by molar-refractivity contribution is -0.991. The lowest BCUT2D eigenvalue weighted by Crippen LogP contribution is -2.99. The summed E-state index contributed by atoms with van der Waals surface area (Å²) in [4.78, 5) is 12.5. The van der Waals surface area contributed by atoms with Crippen molar-refractivity contribution in [2.45, 2.75) is 12.8 Å². The van der Waals surface area contributed by atoms with Gasteiger partial charge in [-0.2, -0.15) is 5.23 Å². The Kier molecular flexibility index (Phi) is 3.66. The van der Waals surface area contributed by atoms with E-state index in [1.165, 1.54) is 0 Å². The minimum atomic E-state index is -0.962. The molecule has 0 saturated carbocycles. The first kappa shape index (κ1) is 13.7. The van der Waals surface area contributed by atoms with E-state index in [-0.39, 0.29) is 11.5 Å². The third-order valence-corrected chi connectivity index (χ3v) is 3.69. The number of rotatable bonds is 2. The van der Waals surface area contributed by atoms with E-state index in [2.05, 4.69) is 0 Å². The third-order valence-electron chi connectivity index (χ3n) is 3.69. The predicted octanol–water partition coefficient (Wildman–Crippen LogP) is 2.30. The van der Waals surface area contributed by atoms with Crippen molar-refractivity contribution in [3.05, 3.63) is 76.0 Å². The molecule has 4 nitrogen and oxygen atoms in total. The molecule has 0 bridgehead atoms. The van der Waals surface area contributed by atoms with E-state index in [1.54, 1.807) is 24.3 Å². The van der Waals surface area contributed by atoms with Gasteiger partial charge >= 0.3 is 0 Å². The van der Waals surface area contributed by atoms with E-state index >= 15 is 0 Å². The van der Waals surface area contributed by atoms with Crippen molar-refractivity contribution in [3.8, 4) is 0 Å². The maximum absolute atomic E-state index is 12.5. The van der Waals surface area contributed by atoms with Gasteiger partial charge in [0.2, 0.25) is 0 Å². The highest BCUT2D eigenvalue weighted by atomic mass is 16.8. The van der Waals surface area contributed by atoms with Crippen LogP contribution in [0, 0.1) is 5.21 Å². The van der Waals surface area contributed by atoms with Crippen molar-refractivity contribution in [1.29, 1.82) is 0 Å². The van der Waals surface area contributed by atoms with Crippen LogP contribution in [0.4, 0.5) is 5.69 Å². The molecule has 2 aromatic rings. The summed E-state index contributed by atoms with van der Waals surface area (Å²) in [7, 11) is 0. The first-order chi connectivity index (χ1) is 10.1. The second kappa shape index (κ2) is 5.61. The van der Waals surface area contributed by atoms with Gasteiger partial charge < -0.3 is 5.21 Å². The van der Waals surface area contributed by atoms with Crippen molar-refractivity contribution >= 4 is 17.5 Å². The number of hydrogen-bond donors (Lipinski definition) is 2. The lowest BCUT2D eigenvalue weighted by atomic mass is 9.86. The second-order valence-electron chi connectivity index (χ2n) is 5.09. The fourth-order valence-corrected chi connectivity index (χ4v) is 2.62. The number of carbonyl (C=O) groups excluding carboxylic acids is 1. The molecule has 3 rings (SSSR count). The molecular formula is C17H15NO3. The Morgan fingerprint density at radius 1 is 1.10 bits per heavy atom. The van der Waals surface area contributed by atoms with E-state index in [1.807, 2.05) is 30.3 Å². The SMILES string of the molecule is O=C1/C(=C/c2cccc([NH+]([O-])O)c2)CCc2ccccc21. The van der Waals surface area contributed by atoms with Gasteiger partial charge in [0.05, 0.1) is 0 Å². The van der Waals surface area contributed by atoms with Crippen molar-refractivity contribution in [3.63, 3.8) is 0 Å². The van der Waals surface area contributed by atoms with Crippen LogP contribution >= 0.6 is 0 Å². The number of ketones is 1. The van der Waals surface area contributed by atoms with Crippen molar-refractivity contribution < 1.29 is 15.2 Å². The molecule has 1 atom stereocenters. The van der Waals surface area contributed by atoms with Crippen molar-refractivity contribution in [2.75, 3.05) is 0 Å². The average molecular weight is 281 g/mol. The van der Waals surface area contributed by atoms with Gasteiger partial charge in [0, 0.05) is 23.3 Å². The van der Waals surface area contributed by atoms with Gasteiger partial charge in [-0.15, -0.1) is 0 Å². The molecule has 0 amide bonds. The zero-order valence-electron chi connectivity index (χ0n) is 11.4. The Labute approximate surface area is 122 Å². The highest BCUT2D eigenvalue weighted by molar-refractivity contribution is 6.13. The molecule has 0 radical (unpaired) electrons. The number of aryl methyl sites for hydroxylation is 1. The summed E-state index contributed by atoms with van der Waals surface area (Å²) >= 11 is 0. The number of nitrogens with one attached hydrogen (secondary N) is 1. The van der Waals surface area contributed by atoms with Crippen LogP contribution in [0.1, 0.15) is 27.9 Å². The van der Waals surface area contributed by atoms with Crippen molar-refractivity contribution in [1.82, 2.24) is 0 Å². The Balaban J connectivity index is 1.95. The molecule has 1 unspecified atom stereocenters. The topological polar surface area (TPSA) is 64.8 Å². The number of Topliss-reactive ketones (excluding diaryl/α,β-unsaturated/α-hetero) is 1. The number of quaternary nitrogens is 1. The molecule has 106 valence electrons. The molecule has 1 aliphatic carbocycles. The minimum absolute atomic E-state index is 0.0394. The number of benzene rings is 2. The third kappa shape index (κ3) is 2.78. The molecule has 4 heteroatoms. The Morgan fingerprint density at radius 2 is 1.90 bits per heavy atom. The molecule has 0 fully saturated rings. The summed E-state index contributed by atoms with van der Waals surface area (Å²) < 4.78 is 0. The van der Waals surface area contributed by atoms with Crippen LogP contribution in [0.25, 0.3) is 6.08 Å². The normalized spacial score (nSPS) is 17.6. The average Bonchev–Trinajstić information content (AvgIpc) is 2.51. The molecule has 0 aliphatic heterocycles. The Hall–Kier alpha value is -2.27. The molecule has 0 saturated heterocycles. The van der Waals surface area contributed by atoms with Crippen molar-refractivity contribution in [2.24, 2.45) is 0 Å². The fraction of sp³-hybridized carbons (Fsp3) is 0.118. The molecule has 0 aromatic heterocycles. The van der Waals surface area contributed by atoms with E-state index in [4.69, 9.17) is 5.21 Å². The minimum Gasteiger partial charge on any atom is -0.595 e. The van der Waals surface area contributed by atoms with Gasteiger partial charge in [-0.1, -0.05) is 36.4 Å². The fourth-order valence-electron chi connectivity index (χ4n) is 2.62. The predicted molar refractivity (Wildman–Crippen MR) is 79.3 cm³/mol. The zero-order chi connectivity index (χ0) is 14.8. The smallest absolute Gasteiger partial charge is 0.189 e. The van der Waals surface area contributed by atoms with E-state index in [0.717, 1.165) is 28.7 Å². The van der Waals surface area contributed by atoms with Crippen LogP contribution in [0.2, 0.25) is 0 Å². The van der Waals surface area contributed by atoms with Gasteiger partial charge in [0.15, 0.2) is 11.5 Å². The maximum atomic E-state index is 12.5. The van der Waals surface area contributed by atoms with Crippen LogP contribution in [-0.2, 0) is 6.42 Å². The second-order valence-corrected chi connectivity index (χ2v) is 5.09. The summed E-state index contributed by atoms with van der Waals surface area (Å²) in [6, 6.07) is 14.3. The van der Waals surface area contributed by atoms with Crippen LogP contribution in [-0.4, -0.2) is 11.0 Å². The van der Waals surface area contributed by atoms with E-state index in [0.29, 0.717) is 6.42 Å². The monoisotopic (exact) mass is 281 g/mol. The molecule has 21 heavy (non-hydrogen) atoms. The van der Waals surface area contributed by atoms with Gasteiger partial charge in [-0.3, -0.25) is 4.79 Å². The maximum Gasteiger partial charge on any atom is 0.189 e. The van der Waals surface area contributed by atoms with Crippen LogP contribution in [0.3, 0.4) is 0 Å². The first-order valence-electron chi connectivity index (χ1n) is 6.82. The van der Waals surface area contributed by atoms with Gasteiger partial charge in [-0.05, 0) is 30.0 Å². The summed E-state index contributed by atoms with van der Waals surface area (Å²) in [5.41, 5.74) is 3.55. The van der Waals surface area contributed by atoms with Crippen LogP contribution in [0.5, 0.6) is 0 Å². The molecule has 0 heterocycles. The van der Waals surface area contributed by atoms with Crippen LogP contribution < -0.4 is 5.23 Å². The Morgan fingerprint density at radius 3 is 2.71 bits per heavy atom. The highest BCUT2D eigenvalue weighted by Gasteiger charge is 2.21. The standard InChI is InChI=1S/C17H15NO3/c19-17-14(9-8-13-5-1-2-7-16(13)17)10-12-4-3-6-15(11-12)18(20)21/h1-7,10-11,18,20H,8-9H2/b14-10+. The lowest BCUT2D eigenvalue weighted by Gasteiger charge is -2.17. The quantitative estimate of drug-likeness (QED) is 0.656. The van der Waals surface area contributed by atoms with Gasteiger partial charge in [0.25, 0.3) is 0 Å². The number of fused-ring (bicyclic) bond motifs is 1. The molecule has 1 aliphatic rings. The first-order valence-corrected chi connectivity index (χ1v) is 6.82. The molecule has 0 spiro atoms. The summed E-state index contributed by atoms with van der Waals surface area (Å²) in [6.07, 6.45) is 3.32. The number of hydrogen-bond acceptors (Lipinski definition) is 3. The summed E-state index contributed by atoms with van der Waals surface area (Å²) in [5.74, 6) is 0.0394. The van der Waals surface area contributed by atoms with Gasteiger partial charge in [-0.25, -0.2) is 5.21 Å². The zero-order valence-corrected chi connectivity index (χ0v) is 11.4. The molecular weight excluding hydrogens is 266 g/mol. The largest absolute Gasteiger partial charge is 0.595 e. The van der Waals surface area contributed by atoms with E-state index < -0.39 is 5.23 Å².